The predicted octanol–water partition coefficient (Wildman–Crippen LogP) is 4.47. The highest BCUT2D eigenvalue weighted by Crippen LogP contribution is 2.31. The Hall–Kier alpha value is -1.71. The van der Waals surface area contributed by atoms with Gasteiger partial charge in [0.2, 0.25) is 10.0 Å². The van der Waals surface area contributed by atoms with E-state index in [1.165, 1.54) is 22.7 Å². The first kappa shape index (κ1) is 21.0. The van der Waals surface area contributed by atoms with Crippen molar-refractivity contribution in [3.63, 3.8) is 0 Å². The normalized spacial score (nSPS) is 12.8. The number of benzene rings is 1. The van der Waals surface area contributed by atoms with Gasteiger partial charge in [0.05, 0.1) is 11.5 Å². The average molecular weight is 438 g/mol. The number of ether oxygens (including phenoxy) is 1. The van der Waals surface area contributed by atoms with E-state index in [0.29, 0.717) is 12.4 Å². The lowest BCUT2D eigenvalue weighted by atomic mass is 10.2. The van der Waals surface area contributed by atoms with Crippen LogP contribution in [0.1, 0.15) is 39.6 Å². The molecule has 0 radical (unpaired) electrons. The smallest absolute Gasteiger partial charge is 0.240 e. The molecule has 28 heavy (non-hydrogen) atoms. The molecule has 150 valence electrons. The quantitative estimate of drug-likeness (QED) is 0.518. The summed E-state index contributed by atoms with van der Waals surface area (Å²) in [4.78, 5) is 2.72. The molecule has 0 saturated carbocycles. The van der Waals surface area contributed by atoms with Gasteiger partial charge < -0.3 is 9.84 Å². The van der Waals surface area contributed by atoms with Gasteiger partial charge in [-0.3, -0.25) is 0 Å². The Morgan fingerprint density at radius 2 is 2.00 bits per heavy atom. The Labute approximate surface area is 173 Å². The molecule has 1 atom stereocenters. The summed E-state index contributed by atoms with van der Waals surface area (Å²) >= 11 is 2.89. The summed E-state index contributed by atoms with van der Waals surface area (Å²) < 4.78 is 33.5. The molecule has 2 aromatic heterocycles. The van der Waals surface area contributed by atoms with Crippen molar-refractivity contribution >= 4 is 32.7 Å². The second kappa shape index (κ2) is 9.19. The highest BCUT2D eigenvalue weighted by Gasteiger charge is 2.18. The molecule has 0 saturated heterocycles. The topological polar surface area (TPSA) is 75.6 Å². The summed E-state index contributed by atoms with van der Waals surface area (Å²) in [6.45, 7) is 4.63. The molecule has 0 unspecified atom stereocenters. The van der Waals surface area contributed by atoms with Gasteiger partial charge in [-0.1, -0.05) is 13.0 Å². The van der Waals surface area contributed by atoms with Crippen LogP contribution in [0.2, 0.25) is 0 Å². The first-order valence-corrected chi connectivity index (χ1v) is 12.1. The summed E-state index contributed by atoms with van der Waals surface area (Å²) in [6, 6.07) is 12.3. The van der Waals surface area contributed by atoms with Crippen LogP contribution in [0.15, 0.2) is 52.7 Å². The molecule has 2 N–H and O–H groups in total. The number of hydrogen-bond acceptors (Lipinski definition) is 6. The maximum absolute atomic E-state index is 12.6. The standard InChI is InChI=1S/C20H23NO4S3/c1-3-10-25-17-8-7-16(12-14(17)2)28(23,24)21-13-15-6-9-19(27-15)20(22)18-5-4-11-26-18/h4-9,11-12,20-22H,3,10,13H2,1-2H3/t20-/m0/s1. The minimum Gasteiger partial charge on any atom is -0.493 e. The fourth-order valence-corrected chi connectivity index (χ4v) is 5.58. The van der Waals surface area contributed by atoms with Gasteiger partial charge in [-0.05, 0) is 60.7 Å². The lowest BCUT2D eigenvalue weighted by Crippen LogP contribution is -2.22. The van der Waals surface area contributed by atoms with Crippen LogP contribution in [0.4, 0.5) is 0 Å². The molecule has 0 amide bonds. The van der Waals surface area contributed by atoms with Gasteiger partial charge in [0.25, 0.3) is 0 Å². The zero-order valence-corrected chi connectivity index (χ0v) is 18.2. The minimum atomic E-state index is -3.63. The molecule has 0 aliphatic heterocycles. The molecule has 5 nitrogen and oxygen atoms in total. The first-order chi connectivity index (χ1) is 13.4. The lowest BCUT2D eigenvalue weighted by molar-refractivity contribution is 0.228. The van der Waals surface area contributed by atoms with Crippen LogP contribution < -0.4 is 9.46 Å². The van der Waals surface area contributed by atoms with Crippen LogP contribution in [0.3, 0.4) is 0 Å². The van der Waals surface area contributed by atoms with Crippen molar-refractivity contribution in [1.29, 1.82) is 0 Å². The number of rotatable bonds is 9. The fourth-order valence-electron chi connectivity index (χ4n) is 2.64. The molecule has 0 aliphatic rings. The number of aliphatic hydroxyl groups excluding tert-OH is 1. The van der Waals surface area contributed by atoms with E-state index >= 15 is 0 Å². The number of hydrogen-bond donors (Lipinski definition) is 2. The van der Waals surface area contributed by atoms with Crippen molar-refractivity contribution in [2.24, 2.45) is 0 Å². The van der Waals surface area contributed by atoms with Crippen LogP contribution >= 0.6 is 22.7 Å². The molecule has 2 heterocycles. The third-order valence-electron chi connectivity index (χ3n) is 4.12. The third kappa shape index (κ3) is 5.01. The highest BCUT2D eigenvalue weighted by atomic mass is 32.2. The Kier molecular flexibility index (Phi) is 6.90. The minimum absolute atomic E-state index is 0.178. The highest BCUT2D eigenvalue weighted by molar-refractivity contribution is 7.89. The van der Waals surface area contributed by atoms with Gasteiger partial charge >= 0.3 is 0 Å². The SMILES string of the molecule is CCCOc1ccc(S(=O)(=O)NCc2ccc([C@@H](O)c3cccs3)s2)cc1C. The summed E-state index contributed by atoms with van der Waals surface area (Å²) in [5, 5.41) is 12.3. The van der Waals surface area contributed by atoms with Crippen molar-refractivity contribution in [2.45, 2.75) is 37.8 Å². The largest absolute Gasteiger partial charge is 0.493 e. The van der Waals surface area contributed by atoms with Gasteiger partial charge in [0.15, 0.2) is 0 Å². The number of aliphatic hydroxyl groups is 1. The van der Waals surface area contributed by atoms with Gasteiger partial charge in [0.1, 0.15) is 11.9 Å². The van der Waals surface area contributed by atoms with Crippen LogP contribution in [-0.2, 0) is 16.6 Å². The maximum Gasteiger partial charge on any atom is 0.240 e. The van der Waals surface area contributed by atoms with Crippen LogP contribution in [-0.4, -0.2) is 20.1 Å². The molecule has 8 heteroatoms. The zero-order chi connectivity index (χ0) is 20.1. The van der Waals surface area contributed by atoms with E-state index in [1.54, 1.807) is 18.2 Å². The molecule has 1 aromatic carbocycles. The van der Waals surface area contributed by atoms with Crippen molar-refractivity contribution in [3.8, 4) is 5.75 Å². The van der Waals surface area contributed by atoms with E-state index < -0.39 is 16.1 Å². The van der Waals surface area contributed by atoms with E-state index in [4.69, 9.17) is 4.74 Å². The van der Waals surface area contributed by atoms with Crippen molar-refractivity contribution < 1.29 is 18.3 Å². The Morgan fingerprint density at radius 3 is 2.68 bits per heavy atom. The molecule has 0 spiro atoms. The third-order valence-corrected chi connectivity index (χ3v) is 7.58. The average Bonchev–Trinajstić information content (AvgIpc) is 3.37. The van der Waals surface area contributed by atoms with E-state index in [1.807, 2.05) is 43.5 Å². The number of sulfonamides is 1. The molecule has 3 rings (SSSR count). The summed E-state index contributed by atoms with van der Waals surface area (Å²) in [6.07, 6.45) is 0.221. The van der Waals surface area contributed by atoms with E-state index in [2.05, 4.69) is 4.72 Å². The number of nitrogens with one attached hydrogen (secondary N) is 1. The maximum atomic E-state index is 12.6. The summed E-state index contributed by atoms with van der Waals surface area (Å²) in [5.74, 6) is 0.700. The Bertz CT molecular complexity index is 1010. The zero-order valence-electron chi connectivity index (χ0n) is 15.7. The van der Waals surface area contributed by atoms with Crippen molar-refractivity contribution in [1.82, 2.24) is 4.72 Å². The van der Waals surface area contributed by atoms with Crippen LogP contribution in [0.25, 0.3) is 0 Å². The van der Waals surface area contributed by atoms with E-state index in [9.17, 15) is 13.5 Å². The second-order valence-corrected chi connectivity index (χ2v) is 10.3. The van der Waals surface area contributed by atoms with Crippen LogP contribution in [0, 0.1) is 6.92 Å². The lowest BCUT2D eigenvalue weighted by Gasteiger charge is -2.11. The van der Waals surface area contributed by atoms with Gasteiger partial charge in [-0.25, -0.2) is 13.1 Å². The molecular formula is C20H23NO4S3. The van der Waals surface area contributed by atoms with E-state index in [-0.39, 0.29) is 11.4 Å². The Morgan fingerprint density at radius 1 is 1.18 bits per heavy atom. The van der Waals surface area contributed by atoms with Crippen molar-refractivity contribution in [3.05, 3.63) is 68.0 Å². The second-order valence-electron chi connectivity index (χ2n) is 6.32. The predicted molar refractivity (Wildman–Crippen MR) is 114 cm³/mol. The summed E-state index contributed by atoms with van der Waals surface area (Å²) in [5.41, 5.74) is 0.786. The molecule has 0 aliphatic carbocycles. The van der Waals surface area contributed by atoms with Crippen LogP contribution in [0.5, 0.6) is 5.75 Å². The molecule has 0 fully saturated rings. The van der Waals surface area contributed by atoms with E-state index in [0.717, 1.165) is 26.6 Å². The van der Waals surface area contributed by atoms with Gasteiger partial charge in [-0.15, -0.1) is 22.7 Å². The number of thiophene rings is 2. The first-order valence-electron chi connectivity index (χ1n) is 8.94. The monoisotopic (exact) mass is 437 g/mol. The molecular weight excluding hydrogens is 414 g/mol. The fraction of sp³-hybridized carbons (Fsp3) is 0.300. The molecule has 0 bridgehead atoms. The van der Waals surface area contributed by atoms with Gasteiger partial charge in [-0.2, -0.15) is 0 Å². The Balaban J connectivity index is 1.66. The van der Waals surface area contributed by atoms with Gasteiger partial charge in [0, 0.05) is 21.2 Å². The number of aryl methyl sites for hydroxylation is 1. The summed E-state index contributed by atoms with van der Waals surface area (Å²) in [7, 11) is -3.63. The molecule has 3 aromatic rings. The van der Waals surface area contributed by atoms with Crippen molar-refractivity contribution in [2.75, 3.05) is 6.61 Å².